The van der Waals surface area contributed by atoms with Gasteiger partial charge >= 0.3 is 0 Å². The van der Waals surface area contributed by atoms with E-state index in [1.807, 2.05) is 6.08 Å². The summed E-state index contributed by atoms with van der Waals surface area (Å²) in [6.45, 7) is 0. The zero-order valence-corrected chi connectivity index (χ0v) is 7.63. The summed E-state index contributed by atoms with van der Waals surface area (Å²) >= 11 is 6.09. The Morgan fingerprint density at radius 3 is 3.00 bits per heavy atom. The van der Waals surface area contributed by atoms with Gasteiger partial charge in [0.25, 0.3) is 5.91 Å². The Kier molecular flexibility index (Phi) is 1.90. The van der Waals surface area contributed by atoms with E-state index in [1.54, 1.807) is 6.26 Å². The first-order chi connectivity index (χ1) is 5.77. The number of thiocarbonyl (C=S) groups is 1. The highest BCUT2D eigenvalue weighted by Gasteiger charge is 2.27. The van der Waals surface area contributed by atoms with Crippen molar-refractivity contribution in [2.75, 3.05) is 0 Å². The molecule has 0 aromatic rings. The molecule has 0 aliphatic carbocycles. The number of rotatable bonds is 0. The van der Waals surface area contributed by atoms with Crippen LogP contribution in [0.25, 0.3) is 0 Å². The fraction of sp³-hybridized carbons (Fsp3) is 0.143. The monoisotopic (exact) mass is 199 g/mol. The third-order valence-corrected chi connectivity index (χ3v) is 2.74. The maximum absolute atomic E-state index is 11.2. The normalized spacial score (nSPS) is 27.7. The molecule has 5 heteroatoms. The molecule has 0 aromatic heterocycles. The largest absolute Gasteiger partial charge is 0.468 e. The molecule has 2 heterocycles. The molecule has 0 radical (unpaired) electrons. The minimum atomic E-state index is -0.149. The second kappa shape index (κ2) is 2.91. The summed E-state index contributed by atoms with van der Waals surface area (Å²) in [6.07, 6.45) is 4.12. The van der Waals surface area contributed by atoms with E-state index < -0.39 is 0 Å². The van der Waals surface area contributed by atoms with Crippen molar-refractivity contribution in [1.82, 2.24) is 5.32 Å². The molecule has 12 heavy (non-hydrogen) atoms. The van der Waals surface area contributed by atoms with E-state index >= 15 is 0 Å². The van der Waals surface area contributed by atoms with Crippen LogP contribution < -0.4 is 5.32 Å². The molecule has 2 aliphatic heterocycles. The average molecular weight is 199 g/mol. The number of thioether (sulfide) groups is 1. The molecule has 0 aromatic carbocycles. The first-order valence-corrected chi connectivity index (χ1v) is 4.58. The Morgan fingerprint density at radius 1 is 1.67 bits per heavy atom. The standard InChI is InChI=1S/C7H5NO2S2/c9-6-5(12-7(11)8-6)4-2-1-3-10-4/h1,3H,2H2,(H,8,9,11)/b5-4+. The zero-order valence-electron chi connectivity index (χ0n) is 5.99. The molecule has 1 saturated heterocycles. The van der Waals surface area contributed by atoms with E-state index in [-0.39, 0.29) is 5.91 Å². The maximum atomic E-state index is 11.2. The molecule has 1 fully saturated rings. The molecule has 0 bridgehead atoms. The van der Waals surface area contributed by atoms with Gasteiger partial charge in [-0.15, -0.1) is 0 Å². The first-order valence-electron chi connectivity index (χ1n) is 3.35. The number of carbonyl (C=O) groups excluding carboxylic acids is 1. The highest BCUT2D eigenvalue weighted by atomic mass is 32.2. The van der Waals surface area contributed by atoms with Gasteiger partial charge in [0, 0.05) is 6.42 Å². The summed E-state index contributed by atoms with van der Waals surface area (Å²) in [5.74, 6) is 0.543. The quantitative estimate of drug-likeness (QED) is 0.471. The van der Waals surface area contributed by atoms with Crippen LogP contribution in [0.4, 0.5) is 0 Å². The molecule has 0 unspecified atom stereocenters. The van der Waals surface area contributed by atoms with Crippen LogP contribution in [0, 0.1) is 0 Å². The molecule has 2 aliphatic rings. The lowest BCUT2D eigenvalue weighted by atomic mass is 10.3. The third kappa shape index (κ3) is 1.25. The average Bonchev–Trinajstić information content (AvgIpc) is 2.58. The van der Waals surface area contributed by atoms with E-state index in [9.17, 15) is 4.79 Å². The lowest BCUT2D eigenvalue weighted by Crippen LogP contribution is -2.18. The van der Waals surface area contributed by atoms with Gasteiger partial charge in [0.15, 0.2) is 0 Å². The SMILES string of the molecule is O=C1NC(=S)S/C1=C1\CC=CO1. The topological polar surface area (TPSA) is 38.3 Å². The highest BCUT2D eigenvalue weighted by Crippen LogP contribution is 2.30. The minimum Gasteiger partial charge on any atom is -0.468 e. The maximum Gasteiger partial charge on any atom is 0.267 e. The first kappa shape index (κ1) is 7.82. The molecular formula is C7H5NO2S2. The van der Waals surface area contributed by atoms with Crippen molar-refractivity contribution in [2.45, 2.75) is 6.42 Å². The molecule has 1 amide bonds. The van der Waals surface area contributed by atoms with Gasteiger partial charge in [0.05, 0.1) is 6.26 Å². The van der Waals surface area contributed by atoms with Gasteiger partial charge in [0.1, 0.15) is 15.0 Å². The zero-order chi connectivity index (χ0) is 8.55. The van der Waals surface area contributed by atoms with Crippen LogP contribution in [0.3, 0.4) is 0 Å². The van der Waals surface area contributed by atoms with Gasteiger partial charge in [-0.1, -0.05) is 24.0 Å². The third-order valence-electron chi connectivity index (χ3n) is 1.48. The molecule has 1 N–H and O–H groups in total. The number of carbonyl (C=O) groups is 1. The Bertz CT molecular complexity index is 309. The summed E-state index contributed by atoms with van der Waals surface area (Å²) in [7, 11) is 0. The van der Waals surface area contributed by atoms with E-state index in [1.165, 1.54) is 11.8 Å². The van der Waals surface area contributed by atoms with Crippen LogP contribution in [0.2, 0.25) is 0 Å². The summed E-state index contributed by atoms with van der Waals surface area (Å²) in [4.78, 5) is 11.8. The Hall–Kier alpha value is -0.810. The summed E-state index contributed by atoms with van der Waals surface area (Å²) < 4.78 is 5.61. The smallest absolute Gasteiger partial charge is 0.267 e. The molecule has 2 rings (SSSR count). The summed E-state index contributed by atoms with van der Waals surface area (Å²) in [5.41, 5.74) is 0. The predicted molar refractivity (Wildman–Crippen MR) is 50.2 cm³/mol. The van der Waals surface area contributed by atoms with E-state index in [2.05, 4.69) is 5.32 Å². The highest BCUT2D eigenvalue weighted by molar-refractivity contribution is 8.26. The lowest BCUT2D eigenvalue weighted by molar-refractivity contribution is -0.115. The minimum absolute atomic E-state index is 0.149. The number of allylic oxidation sites excluding steroid dienone is 1. The van der Waals surface area contributed by atoms with Crippen molar-refractivity contribution >= 4 is 34.2 Å². The van der Waals surface area contributed by atoms with Gasteiger partial charge in [-0.25, -0.2) is 0 Å². The van der Waals surface area contributed by atoms with E-state index in [4.69, 9.17) is 17.0 Å². The lowest BCUT2D eigenvalue weighted by Gasteiger charge is -1.98. The molecule has 62 valence electrons. The van der Waals surface area contributed by atoms with Gasteiger partial charge in [-0.2, -0.15) is 0 Å². The van der Waals surface area contributed by atoms with Gasteiger partial charge in [0.2, 0.25) is 0 Å². The fourth-order valence-electron chi connectivity index (χ4n) is 0.977. The van der Waals surface area contributed by atoms with Crippen molar-refractivity contribution < 1.29 is 9.53 Å². The number of hydrogen-bond acceptors (Lipinski definition) is 4. The van der Waals surface area contributed by atoms with Crippen molar-refractivity contribution in [1.29, 1.82) is 0 Å². The molecule has 0 atom stereocenters. The van der Waals surface area contributed by atoms with Crippen molar-refractivity contribution in [3.05, 3.63) is 23.0 Å². The second-order valence-corrected chi connectivity index (χ2v) is 3.98. The van der Waals surface area contributed by atoms with E-state index in [0.29, 0.717) is 21.4 Å². The fourth-order valence-corrected chi connectivity index (χ4v) is 2.04. The summed E-state index contributed by atoms with van der Waals surface area (Å²) in [5, 5.41) is 2.53. The van der Waals surface area contributed by atoms with Gasteiger partial charge in [-0.05, 0) is 6.08 Å². The van der Waals surface area contributed by atoms with Crippen LogP contribution in [0.1, 0.15) is 6.42 Å². The molecule has 3 nitrogen and oxygen atoms in total. The number of ether oxygens (including phenoxy) is 1. The van der Waals surface area contributed by atoms with Crippen molar-refractivity contribution in [3.8, 4) is 0 Å². The van der Waals surface area contributed by atoms with Gasteiger partial charge < -0.3 is 10.1 Å². The Morgan fingerprint density at radius 2 is 2.50 bits per heavy atom. The Labute approximate surface area is 78.8 Å². The molecule has 0 saturated carbocycles. The number of hydrogen-bond donors (Lipinski definition) is 1. The van der Waals surface area contributed by atoms with Crippen LogP contribution in [0.15, 0.2) is 23.0 Å². The van der Waals surface area contributed by atoms with Crippen molar-refractivity contribution in [2.24, 2.45) is 0 Å². The summed E-state index contributed by atoms with van der Waals surface area (Å²) in [6, 6.07) is 0. The van der Waals surface area contributed by atoms with Crippen LogP contribution >= 0.6 is 24.0 Å². The van der Waals surface area contributed by atoms with E-state index in [0.717, 1.165) is 0 Å². The molecular weight excluding hydrogens is 194 g/mol. The second-order valence-electron chi connectivity index (χ2n) is 2.29. The van der Waals surface area contributed by atoms with Crippen LogP contribution in [-0.4, -0.2) is 10.2 Å². The van der Waals surface area contributed by atoms with Crippen LogP contribution in [-0.2, 0) is 9.53 Å². The molecule has 0 spiro atoms. The number of amides is 1. The predicted octanol–water partition coefficient (Wildman–Crippen LogP) is 1.28. The number of nitrogens with one attached hydrogen (secondary N) is 1. The van der Waals surface area contributed by atoms with Crippen molar-refractivity contribution in [3.63, 3.8) is 0 Å². The van der Waals surface area contributed by atoms with Crippen LogP contribution in [0.5, 0.6) is 0 Å². The van der Waals surface area contributed by atoms with Gasteiger partial charge in [-0.3, -0.25) is 4.79 Å². The Balaban J connectivity index is 2.29.